The van der Waals surface area contributed by atoms with Crippen molar-refractivity contribution in [2.75, 3.05) is 6.61 Å². The average Bonchev–Trinajstić information content (AvgIpc) is 2.15. The molecule has 1 aromatic rings. The highest BCUT2D eigenvalue weighted by Gasteiger charge is 2.28. The summed E-state index contributed by atoms with van der Waals surface area (Å²) in [4.78, 5) is 0. The first-order valence-electron chi connectivity index (χ1n) is 4.90. The van der Waals surface area contributed by atoms with E-state index in [1.807, 2.05) is 6.92 Å². The van der Waals surface area contributed by atoms with Crippen molar-refractivity contribution in [3.8, 4) is 5.75 Å². The maximum Gasteiger partial charge on any atom is 0.422 e. The summed E-state index contributed by atoms with van der Waals surface area (Å²) in [7, 11) is 0. The second-order valence-electron chi connectivity index (χ2n) is 3.41. The van der Waals surface area contributed by atoms with E-state index >= 15 is 0 Å². The van der Waals surface area contributed by atoms with Crippen LogP contribution in [-0.2, 0) is 6.42 Å². The van der Waals surface area contributed by atoms with Gasteiger partial charge in [0.1, 0.15) is 11.6 Å². The number of benzene rings is 1. The Balaban J connectivity index is 2.78. The molecule has 1 rings (SSSR count). The van der Waals surface area contributed by atoms with Gasteiger partial charge in [0.15, 0.2) is 6.61 Å². The van der Waals surface area contributed by atoms with Gasteiger partial charge in [0.05, 0.1) is 0 Å². The number of ether oxygens (including phenoxy) is 1. The van der Waals surface area contributed by atoms with Crippen LogP contribution in [0.1, 0.15) is 18.9 Å². The highest BCUT2D eigenvalue weighted by molar-refractivity contribution is 5.34. The van der Waals surface area contributed by atoms with Crippen molar-refractivity contribution in [3.63, 3.8) is 0 Å². The van der Waals surface area contributed by atoms with Gasteiger partial charge in [-0.05, 0) is 30.2 Å². The molecule has 16 heavy (non-hydrogen) atoms. The molecular formula is C11H12F4O. The summed E-state index contributed by atoms with van der Waals surface area (Å²) < 4.78 is 53.3. The Labute approximate surface area is 91.0 Å². The summed E-state index contributed by atoms with van der Waals surface area (Å²) in [6, 6.07) is 3.52. The van der Waals surface area contributed by atoms with Gasteiger partial charge in [0, 0.05) is 0 Å². The van der Waals surface area contributed by atoms with Crippen LogP contribution in [0.2, 0.25) is 0 Å². The Bertz CT molecular complexity index is 346. The van der Waals surface area contributed by atoms with Gasteiger partial charge < -0.3 is 4.74 Å². The van der Waals surface area contributed by atoms with Gasteiger partial charge in [0.25, 0.3) is 0 Å². The van der Waals surface area contributed by atoms with E-state index in [1.165, 1.54) is 12.1 Å². The standard InChI is InChI=1S/C11H12F4O/c1-2-3-8-6-9(12)4-5-10(8)16-7-11(13,14)15/h4-6H,2-3,7H2,1H3. The Kier molecular flexibility index (Phi) is 4.15. The summed E-state index contributed by atoms with van der Waals surface area (Å²) in [5.41, 5.74) is 0.465. The molecular weight excluding hydrogens is 224 g/mol. The number of rotatable bonds is 4. The van der Waals surface area contributed by atoms with E-state index in [-0.39, 0.29) is 5.75 Å². The maximum absolute atomic E-state index is 12.9. The Morgan fingerprint density at radius 1 is 1.25 bits per heavy atom. The molecule has 0 aromatic heterocycles. The van der Waals surface area contributed by atoms with E-state index in [2.05, 4.69) is 4.74 Å². The minimum Gasteiger partial charge on any atom is -0.484 e. The molecule has 5 heteroatoms. The molecule has 0 saturated heterocycles. The van der Waals surface area contributed by atoms with Crippen LogP contribution in [0, 0.1) is 5.82 Å². The van der Waals surface area contributed by atoms with Crippen molar-refractivity contribution >= 4 is 0 Å². The highest BCUT2D eigenvalue weighted by Crippen LogP contribution is 2.24. The van der Waals surface area contributed by atoms with Crippen LogP contribution < -0.4 is 4.74 Å². The fourth-order valence-electron chi connectivity index (χ4n) is 1.31. The zero-order chi connectivity index (χ0) is 12.2. The fourth-order valence-corrected chi connectivity index (χ4v) is 1.31. The second kappa shape index (κ2) is 5.18. The van der Waals surface area contributed by atoms with Crippen LogP contribution in [0.3, 0.4) is 0 Å². The largest absolute Gasteiger partial charge is 0.484 e. The normalized spacial score (nSPS) is 11.6. The van der Waals surface area contributed by atoms with Crippen molar-refractivity contribution in [2.45, 2.75) is 25.9 Å². The van der Waals surface area contributed by atoms with E-state index in [4.69, 9.17) is 0 Å². The first-order chi connectivity index (χ1) is 7.42. The first-order valence-corrected chi connectivity index (χ1v) is 4.90. The minimum atomic E-state index is -4.38. The number of hydrogen-bond donors (Lipinski definition) is 0. The lowest BCUT2D eigenvalue weighted by Gasteiger charge is -2.12. The molecule has 1 nitrogen and oxygen atoms in total. The molecule has 0 spiro atoms. The van der Waals surface area contributed by atoms with Gasteiger partial charge in [-0.1, -0.05) is 13.3 Å². The predicted molar refractivity (Wildman–Crippen MR) is 51.9 cm³/mol. The Hall–Kier alpha value is -1.26. The van der Waals surface area contributed by atoms with Crippen LogP contribution in [0.5, 0.6) is 5.75 Å². The van der Waals surface area contributed by atoms with E-state index in [9.17, 15) is 17.6 Å². The summed E-state index contributed by atoms with van der Waals surface area (Å²) >= 11 is 0. The molecule has 0 atom stereocenters. The Morgan fingerprint density at radius 2 is 1.94 bits per heavy atom. The van der Waals surface area contributed by atoms with Gasteiger partial charge in [-0.15, -0.1) is 0 Å². The molecule has 0 bridgehead atoms. The lowest BCUT2D eigenvalue weighted by molar-refractivity contribution is -0.153. The van der Waals surface area contributed by atoms with Crippen molar-refractivity contribution in [3.05, 3.63) is 29.6 Å². The topological polar surface area (TPSA) is 9.23 Å². The second-order valence-corrected chi connectivity index (χ2v) is 3.41. The van der Waals surface area contributed by atoms with Crippen LogP contribution in [0.25, 0.3) is 0 Å². The first kappa shape index (κ1) is 12.8. The van der Waals surface area contributed by atoms with Crippen LogP contribution in [0.4, 0.5) is 17.6 Å². The van der Waals surface area contributed by atoms with Crippen molar-refractivity contribution < 1.29 is 22.3 Å². The summed E-state index contributed by atoms with van der Waals surface area (Å²) in [5.74, 6) is -0.372. The molecule has 0 aliphatic rings. The molecule has 0 heterocycles. The molecule has 0 aliphatic carbocycles. The molecule has 0 saturated carbocycles. The number of halogens is 4. The third-order valence-electron chi connectivity index (χ3n) is 1.93. The lowest BCUT2D eigenvalue weighted by Crippen LogP contribution is -2.19. The zero-order valence-corrected chi connectivity index (χ0v) is 8.77. The zero-order valence-electron chi connectivity index (χ0n) is 8.77. The smallest absolute Gasteiger partial charge is 0.422 e. The molecule has 0 unspecified atom stereocenters. The summed E-state index contributed by atoms with van der Waals surface area (Å²) in [6.07, 6.45) is -3.17. The molecule has 0 fully saturated rings. The minimum absolute atomic E-state index is 0.0978. The number of hydrogen-bond acceptors (Lipinski definition) is 1. The van der Waals surface area contributed by atoms with Gasteiger partial charge in [0.2, 0.25) is 0 Å². The molecule has 90 valence electrons. The SMILES string of the molecule is CCCc1cc(F)ccc1OCC(F)(F)F. The summed E-state index contributed by atoms with van der Waals surface area (Å²) in [6.45, 7) is 0.508. The van der Waals surface area contributed by atoms with Gasteiger partial charge in [-0.3, -0.25) is 0 Å². The van der Waals surface area contributed by atoms with E-state index < -0.39 is 18.6 Å². The maximum atomic E-state index is 12.9. The predicted octanol–water partition coefficient (Wildman–Crippen LogP) is 3.72. The van der Waals surface area contributed by atoms with Crippen LogP contribution in [-0.4, -0.2) is 12.8 Å². The highest BCUT2D eigenvalue weighted by atomic mass is 19.4. The lowest BCUT2D eigenvalue weighted by atomic mass is 10.1. The number of alkyl halides is 3. The molecule has 0 amide bonds. The molecule has 0 aliphatic heterocycles. The molecule has 0 N–H and O–H groups in total. The Morgan fingerprint density at radius 3 is 2.50 bits per heavy atom. The van der Waals surface area contributed by atoms with Crippen molar-refractivity contribution in [1.29, 1.82) is 0 Å². The van der Waals surface area contributed by atoms with E-state index in [0.29, 0.717) is 18.4 Å². The van der Waals surface area contributed by atoms with Crippen LogP contribution in [0.15, 0.2) is 18.2 Å². The molecule has 0 radical (unpaired) electrons. The van der Waals surface area contributed by atoms with Crippen LogP contribution >= 0.6 is 0 Å². The quantitative estimate of drug-likeness (QED) is 0.724. The van der Waals surface area contributed by atoms with Crippen molar-refractivity contribution in [2.24, 2.45) is 0 Å². The number of aryl methyl sites for hydroxylation is 1. The monoisotopic (exact) mass is 236 g/mol. The third-order valence-corrected chi connectivity index (χ3v) is 1.93. The van der Waals surface area contributed by atoms with Gasteiger partial charge >= 0.3 is 6.18 Å². The van der Waals surface area contributed by atoms with E-state index in [0.717, 1.165) is 6.07 Å². The summed E-state index contributed by atoms with van der Waals surface area (Å²) in [5, 5.41) is 0. The fraction of sp³-hybridized carbons (Fsp3) is 0.455. The molecule has 1 aromatic carbocycles. The van der Waals surface area contributed by atoms with Crippen molar-refractivity contribution in [1.82, 2.24) is 0 Å². The van der Waals surface area contributed by atoms with Gasteiger partial charge in [-0.25, -0.2) is 4.39 Å². The van der Waals surface area contributed by atoms with Gasteiger partial charge in [-0.2, -0.15) is 13.2 Å². The third kappa shape index (κ3) is 4.08. The average molecular weight is 236 g/mol. The van der Waals surface area contributed by atoms with E-state index in [1.54, 1.807) is 0 Å².